The first-order valence-corrected chi connectivity index (χ1v) is 2.99. The first-order valence-electron chi connectivity index (χ1n) is 2.99. The van der Waals surface area contributed by atoms with Crippen LogP contribution in [0.4, 0.5) is 0 Å². The zero-order chi connectivity index (χ0) is 7.11. The lowest BCUT2D eigenvalue weighted by molar-refractivity contribution is 0.184. The minimum atomic E-state index is -0.324. The molecule has 0 amide bonds. The van der Waals surface area contributed by atoms with Gasteiger partial charge in [-0.1, -0.05) is 6.08 Å². The maximum absolute atomic E-state index is 9.01. The van der Waals surface area contributed by atoms with E-state index in [0.717, 1.165) is 0 Å². The number of rotatable bonds is 3. The molecule has 0 bridgehead atoms. The molecule has 0 saturated heterocycles. The maximum Gasteiger partial charge on any atom is 0.0683 e. The molecule has 9 heavy (non-hydrogen) atoms. The molecule has 0 aliphatic rings. The third kappa shape index (κ3) is 5.13. The van der Waals surface area contributed by atoms with E-state index in [1.54, 1.807) is 13.0 Å². The molecule has 50 valence electrons. The maximum atomic E-state index is 9.01. The van der Waals surface area contributed by atoms with Gasteiger partial charge in [-0.05, 0) is 13.3 Å². The SMILES string of the molecule is C=CCC(O)CC#CC. The van der Waals surface area contributed by atoms with Crippen LogP contribution in [0.1, 0.15) is 19.8 Å². The Morgan fingerprint density at radius 1 is 1.78 bits per heavy atom. The molecule has 0 aromatic rings. The molecule has 1 heteroatoms. The largest absolute Gasteiger partial charge is 0.392 e. The highest BCUT2D eigenvalue weighted by atomic mass is 16.3. The Morgan fingerprint density at radius 2 is 2.44 bits per heavy atom. The van der Waals surface area contributed by atoms with Gasteiger partial charge in [0.1, 0.15) is 0 Å². The van der Waals surface area contributed by atoms with Crippen LogP contribution in [0.5, 0.6) is 0 Å². The van der Waals surface area contributed by atoms with Gasteiger partial charge in [0.2, 0.25) is 0 Å². The number of hydrogen-bond donors (Lipinski definition) is 1. The summed E-state index contributed by atoms with van der Waals surface area (Å²) in [5, 5.41) is 9.01. The van der Waals surface area contributed by atoms with E-state index in [1.165, 1.54) is 0 Å². The molecule has 0 radical (unpaired) electrons. The summed E-state index contributed by atoms with van der Waals surface area (Å²) in [6.07, 6.45) is 2.56. The standard InChI is InChI=1S/C8H12O/c1-3-5-7-8(9)6-4-2/h4,8-9H,2,6-7H2,1H3. The van der Waals surface area contributed by atoms with Crippen molar-refractivity contribution in [1.29, 1.82) is 0 Å². The van der Waals surface area contributed by atoms with E-state index < -0.39 is 0 Å². The fraction of sp³-hybridized carbons (Fsp3) is 0.500. The molecule has 0 rings (SSSR count). The van der Waals surface area contributed by atoms with Crippen LogP contribution < -0.4 is 0 Å². The Labute approximate surface area is 56.4 Å². The lowest BCUT2D eigenvalue weighted by Crippen LogP contribution is -2.01. The van der Waals surface area contributed by atoms with Gasteiger partial charge in [0.15, 0.2) is 0 Å². The van der Waals surface area contributed by atoms with E-state index in [2.05, 4.69) is 18.4 Å². The van der Waals surface area contributed by atoms with Crippen molar-refractivity contribution in [2.45, 2.75) is 25.9 Å². The molecule has 1 N–H and O–H groups in total. The van der Waals surface area contributed by atoms with Crippen molar-refractivity contribution < 1.29 is 5.11 Å². The smallest absolute Gasteiger partial charge is 0.0683 e. The Balaban J connectivity index is 3.33. The molecular formula is C8H12O. The van der Waals surface area contributed by atoms with Gasteiger partial charge in [-0.2, -0.15) is 0 Å². The number of hydrogen-bond acceptors (Lipinski definition) is 1. The van der Waals surface area contributed by atoms with Gasteiger partial charge in [-0.3, -0.25) is 0 Å². The van der Waals surface area contributed by atoms with E-state index in [9.17, 15) is 0 Å². The minimum Gasteiger partial charge on any atom is -0.392 e. The summed E-state index contributed by atoms with van der Waals surface area (Å²) in [5.41, 5.74) is 0. The van der Waals surface area contributed by atoms with Crippen LogP contribution in [0.3, 0.4) is 0 Å². The summed E-state index contributed by atoms with van der Waals surface area (Å²) in [4.78, 5) is 0. The molecule has 0 aromatic carbocycles. The molecule has 0 aliphatic carbocycles. The topological polar surface area (TPSA) is 20.2 Å². The lowest BCUT2D eigenvalue weighted by Gasteiger charge is -1.99. The van der Waals surface area contributed by atoms with Crippen molar-refractivity contribution in [3.8, 4) is 11.8 Å². The second kappa shape index (κ2) is 5.40. The molecule has 0 aliphatic heterocycles. The van der Waals surface area contributed by atoms with Crippen molar-refractivity contribution in [3.05, 3.63) is 12.7 Å². The Hall–Kier alpha value is -0.740. The monoisotopic (exact) mass is 124 g/mol. The average molecular weight is 124 g/mol. The molecule has 0 saturated carbocycles. The third-order valence-corrected chi connectivity index (χ3v) is 0.953. The van der Waals surface area contributed by atoms with Gasteiger partial charge >= 0.3 is 0 Å². The molecule has 0 aromatic heterocycles. The Morgan fingerprint density at radius 3 is 2.89 bits per heavy atom. The fourth-order valence-electron chi connectivity index (χ4n) is 0.496. The molecular weight excluding hydrogens is 112 g/mol. The van der Waals surface area contributed by atoms with Gasteiger partial charge in [0.05, 0.1) is 6.10 Å². The van der Waals surface area contributed by atoms with Gasteiger partial charge in [0.25, 0.3) is 0 Å². The van der Waals surface area contributed by atoms with Crippen molar-refractivity contribution >= 4 is 0 Å². The van der Waals surface area contributed by atoms with Crippen LogP contribution in [0.15, 0.2) is 12.7 Å². The summed E-state index contributed by atoms with van der Waals surface area (Å²) in [7, 11) is 0. The first kappa shape index (κ1) is 8.26. The van der Waals surface area contributed by atoms with Gasteiger partial charge in [-0.15, -0.1) is 18.4 Å². The van der Waals surface area contributed by atoms with Crippen LogP contribution in [-0.4, -0.2) is 11.2 Å². The minimum absolute atomic E-state index is 0.324. The summed E-state index contributed by atoms with van der Waals surface area (Å²) < 4.78 is 0. The lowest BCUT2D eigenvalue weighted by atomic mass is 10.2. The second-order valence-electron chi connectivity index (χ2n) is 1.81. The summed E-state index contributed by atoms with van der Waals surface area (Å²) >= 11 is 0. The normalized spacial score (nSPS) is 11.3. The van der Waals surface area contributed by atoms with Crippen molar-refractivity contribution in [2.75, 3.05) is 0 Å². The van der Waals surface area contributed by atoms with Crippen LogP contribution in [0.2, 0.25) is 0 Å². The van der Waals surface area contributed by atoms with Gasteiger partial charge < -0.3 is 5.11 Å². The molecule has 0 fully saturated rings. The van der Waals surface area contributed by atoms with Gasteiger partial charge in [-0.25, -0.2) is 0 Å². The van der Waals surface area contributed by atoms with Crippen LogP contribution in [0.25, 0.3) is 0 Å². The zero-order valence-corrected chi connectivity index (χ0v) is 5.72. The van der Waals surface area contributed by atoms with Crippen molar-refractivity contribution in [2.24, 2.45) is 0 Å². The van der Waals surface area contributed by atoms with E-state index in [4.69, 9.17) is 5.11 Å². The number of aliphatic hydroxyl groups is 1. The predicted molar refractivity (Wildman–Crippen MR) is 38.9 cm³/mol. The van der Waals surface area contributed by atoms with E-state index in [0.29, 0.717) is 12.8 Å². The summed E-state index contributed by atoms with van der Waals surface area (Å²) in [6.45, 7) is 5.27. The molecule has 1 atom stereocenters. The Kier molecular flexibility index (Phi) is 4.95. The van der Waals surface area contributed by atoms with E-state index >= 15 is 0 Å². The highest BCUT2D eigenvalue weighted by Gasteiger charge is 1.95. The molecule has 0 spiro atoms. The zero-order valence-electron chi connectivity index (χ0n) is 5.72. The molecule has 1 nitrogen and oxygen atoms in total. The summed E-state index contributed by atoms with van der Waals surface area (Å²) in [6, 6.07) is 0. The van der Waals surface area contributed by atoms with E-state index in [-0.39, 0.29) is 6.10 Å². The highest BCUT2D eigenvalue weighted by Crippen LogP contribution is 1.95. The van der Waals surface area contributed by atoms with Crippen molar-refractivity contribution in [3.63, 3.8) is 0 Å². The van der Waals surface area contributed by atoms with E-state index in [1.807, 2.05) is 0 Å². The molecule has 1 unspecified atom stereocenters. The predicted octanol–water partition coefficient (Wildman–Crippen LogP) is 1.34. The third-order valence-electron chi connectivity index (χ3n) is 0.953. The Bertz CT molecular complexity index is 127. The van der Waals surface area contributed by atoms with Crippen LogP contribution in [0, 0.1) is 11.8 Å². The number of aliphatic hydroxyl groups excluding tert-OH is 1. The van der Waals surface area contributed by atoms with Gasteiger partial charge in [0, 0.05) is 6.42 Å². The molecule has 0 heterocycles. The highest BCUT2D eigenvalue weighted by molar-refractivity contribution is 4.97. The first-order chi connectivity index (χ1) is 4.31. The quantitative estimate of drug-likeness (QED) is 0.444. The van der Waals surface area contributed by atoms with Crippen LogP contribution in [-0.2, 0) is 0 Å². The second-order valence-corrected chi connectivity index (χ2v) is 1.81. The fourth-order valence-corrected chi connectivity index (χ4v) is 0.496. The summed E-state index contributed by atoms with van der Waals surface area (Å²) in [5.74, 6) is 5.50. The average Bonchev–Trinajstić information content (AvgIpc) is 1.85. The van der Waals surface area contributed by atoms with Crippen LogP contribution >= 0.6 is 0 Å². The van der Waals surface area contributed by atoms with Crippen molar-refractivity contribution in [1.82, 2.24) is 0 Å².